The molecule has 0 bridgehead atoms. The summed E-state index contributed by atoms with van der Waals surface area (Å²) in [6, 6.07) is 9.84. The molecular weight excluding hydrogens is 430 g/mol. The molecule has 0 radical (unpaired) electrons. The van der Waals surface area contributed by atoms with Crippen LogP contribution in [0.4, 0.5) is 0 Å². The van der Waals surface area contributed by atoms with Crippen molar-refractivity contribution in [3.05, 3.63) is 64.0 Å². The first-order valence-corrected chi connectivity index (χ1v) is 11.8. The molecule has 9 heteroatoms. The van der Waals surface area contributed by atoms with E-state index in [1.807, 2.05) is 65.1 Å². The Morgan fingerprint density at radius 1 is 1.19 bits per heavy atom. The number of nitrogens with one attached hydrogen (secondary N) is 1. The van der Waals surface area contributed by atoms with E-state index < -0.39 is 0 Å². The van der Waals surface area contributed by atoms with Crippen LogP contribution < -0.4 is 5.32 Å². The number of hydrogen-bond acceptors (Lipinski definition) is 6. The average Bonchev–Trinajstić information content (AvgIpc) is 3.41. The molecule has 0 aliphatic carbocycles. The highest BCUT2D eigenvalue weighted by Crippen LogP contribution is 2.32. The molecule has 4 heterocycles. The Labute approximate surface area is 187 Å². The molecule has 3 aromatic heterocycles. The lowest BCUT2D eigenvalue weighted by Gasteiger charge is -2.40. The second-order valence-corrected chi connectivity index (χ2v) is 9.61. The number of nitrogens with zero attached hydrogens (tertiary/aromatic N) is 4. The summed E-state index contributed by atoms with van der Waals surface area (Å²) in [5.74, 6) is -0.244. The highest BCUT2D eigenvalue weighted by Gasteiger charge is 2.35. The molecule has 1 aliphatic rings. The monoisotopic (exact) mass is 451 g/mol. The van der Waals surface area contributed by atoms with Crippen molar-refractivity contribution in [2.45, 2.75) is 26.3 Å². The lowest BCUT2D eigenvalue weighted by atomic mass is 10.0. The minimum absolute atomic E-state index is 0.0340. The van der Waals surface area contributed by atoms with Gasteiger partial charge in [0.1, 0.15) is 11.4 Å². The zero-order chi connectivity index (χ0) is 21.5. The molecule has 1 fully saturated rings. The molecule has 0 spiro atoms. The minimum Gasteiger partial charge on any atom is -0.349 e. The number of aromatic nitrogens is 3. The Bertz CT molecular complexity index is 1270. The summed E-state index contributed by atoms with van der Waals surface area (Å²) in [5, 5.41) is 5.76. The summed E-state index contributed by atoms with van der Waals surface area (Å²) in [4.78, 5) is 38.5. The quantitative estimate of drug-likeness (QED) is 0.501. The van der Waals surface area contributed by atoms with Crippen LogP contribution in [0.3, 0.4) is 0 Å². The van der Waals surface area contributed by atoms with Crippen molar-refractivity contribution in [3.63, 3.8) is 0 Å². The summed E-state index contributed by atoms with van der Waals surface area (Å²) in [6.07, 6.45) is 2.71. The van der Waals surface area contributed by atoms with Gasteiger partial charge < -0.3 is 10.2 Å². The third kappa shape index (κ3) is 3.53. The van der Waals surface area contributed by atoms with E-state index in [9.17, 15) is 9.59 Å². The van der Waals surface area contributed by atoms with Gasteiger partial charge in [-0.1, -0.05) is 30.3 Å². The van der Waals surface area contributed by atoms with Gasteiger partial charge in [-0.25, -0.2) is 9.97 Å². The molecular formula is C22H21N5O2S2. The van der Waals surface area contributed by atoms with E-state index >= 15 is 0 Å². The first-order valence-electron chi connectivity index (χ1n) is 10.1. The van der Waals surface area contributed by atoms with Gasteiger partial charge >= 0.3 is 0 Å². The third-order valence-electron chi connectivity index (χ3n) is 5.53. The highest BCUT2D eigenvalue weighted by molar-refractivity contribution is 7.15. The van der Waals surface area contributed by atoms with Crippen LogP contribution >= 0.6 is 22.7 Å². The molecule has 1 saturated heterocycles. The number of imidazole rings is 1. The number of amides is 2. The second-order valence-electron chi connectivity index (χ2n) is 7.53. The van der Waals surface area contributed by atoms with E-state index in [0.29, 0.717) is 30.2 Å². The van der Waals surface area contributed by atoms with Gasteiger partial charge in [0, 0.05) is 24.7 Å². The maximum Gasteiger partial charge on any atom is 0.274 e. The molecule has 5 rings (SSSR count). The molecule has 1 unspecified atom stereocenters. The van der Waals surface area contributed by atoms with Crippen molar-refractivity contribution in [2.75, 3.05) is 13.1 Å². The van der Waals surface area contributed by atoms with E-state index in [0.717, 1.165) is 26.8 Å². The van der Waals surface area contributed by atoms with Crippen LogP contribution in [0.15, 0.2) is 41.9 Å². The van der Waals surface area contributed by atoms with Gasteiger partial charge in [0.15, 0.2) is 4.96 Å². The number of carbonyl (C=O) groups is 2. The number of benzene rings is 1. The topological polar surface area (TPSA) is 79.6 Å². The number of likely N-dealkylation sites (tertiary alicyclic amines) is 1. The van der Waals surface area contributed by atoms with Crippen molar-refractivity contribution in [3.8, 4) is 10.4 Å². The van der Waals surface area contributed by atoms with Crippen LogP contribution in [-0.4, -0.2) is 50.2 Å². The number of aryl methyl sites for hydroxylation is 2. The molecule has 1 N–H and O–H groups in total. The molecule has 2 amide bonds. The van der Waals surface area contributed by atoms with Crippen LogP contribution in [0.2, 0.25) is 0 Å². The van der Waals surface area contributed by atoms with Crippen LogP contribution in [0.25, 0.3) is 15.4 Å². The summed E-state index contributed by atoms with van der Waals surface area (Å²) in [5.41, 5.74) is 2.75. The maximum absolute atomic E-state index is 13.3. The Balaban J connectivity index is 1.30. The molecule has 1 aliphatic heterocycles. The van der Waals surface area contributed by atoms with Crippen LogP contribution in [0.5, 0.6) is 0 Å². The third-order valence-corrected chi connectivity index (χ3v) is 7.30. The molecule has 0 saturated carbocycles. The fourth-order valence-electron chi connectivity index (χ4n) is 3.88. The molecule has 1 atom stereocenters. The minimum atomic E-state index is -0.169. The largest absolute Gasteiger partial charge is 0.349 e. The highest BCUT2D eigenvalue weighted by atomic mass is 32.1. The standard InChI is InChI=1S/C22H21N5O2S2/c1-13-18(27-10-11-30-22(27)24-13)20(28)23-12-16-8-9-26(16)21(29)17-19(31-14(2)25-17)15-6-4-3-5-7-15/h3-7,10-11,16H,8-9,12H2,1-2H3,(H,23,28). The van der Waals surface area contributed by atoms with Gasteiger partial charge in [-0.05, 0) is 25.8 Å². The van der Waals surface area contributed by atoms with Crippen LogP contribution in [0, 0.1) is 13.8 Å². The molecule has 158 valence electrons. The summed E-state index contributed by atoms with van der Waals surface area (Å²) in [6.45, 7) is 4.83. The molecule has 4 aromatic rings. The predicted octanol–water partition coefficient (Wildman–Crippen LogP) is 3.78. The van der Waals surface area contributed by atoms with Gasteiger partial charge in [-0.2, -0.15) is 0 Å². The van der Waals surface area contributed by atoms with E-state index in [1.165, 1.54) is 22.7 Å². The Hall–Kier alpha value is -3.04. The number of fused-ring (bicyclic) bond motifs is 1. The average molecular weight is 452 g/mol. The van der Waals surface area contributed by atoms with Gasteiger partial charge in [0.25, 0.3) is 11.8 Å². The van der Waals surface area contributed by atoms with Gasteiger partial charge in [-0.3, -0.25) is 14.0 Å². The summed E-state index contributed by atoms with van der Waals surface area (Å²) < 4.78 is 1.81. The van der Waals surface area contributed by atoms with Gasteiger partial charge in [0.2, 0.25) is 0 Å². The van der Waals surface area contributed by atoms with Crippen molar-refractivity contribution in [1.29, 1.82) is 0 Å². The van der Waals surface area contributed by atoms with E-state index in [2.05, 4.69) is 15.3 Å². The number of thiazole rings is 2. The number of hydrogen-bond donors (Lipinski definition) is 1. The van der Waals surface area contributed by atoms with Crippen molar-refractivity contribution in [2.24, 2.45) is 0 Å². The predicted molar refractivity (Wildman–Crippen MR) is 122 cm³/mol. The van der Waals surface area contributed by atoms with E-state index in [1.54, 1.807) is 0 Å². The zero-order valence-electron chi connectivity index (χ0n) is 17.2. The summed E-state index contributed by atoms with van der Waals surface area (Å²) in [7, 11) is 0. The first-order chi connectivity index (χ1) is 15.0. The number of rotatable bonds is 5. The van der Waals surface area contributed by atoms with Crippen molar-refractivity contribution >= 4 is 39.4 Å². The molecule has 7 nitrogen and oxygen atoms in total. The van der Waals surface area contributed by atoms with Crippen LogP contribution in [0.1, 0.15) is 38.1 Å². The smallest absolute Gasteiger partial charge is 0.274 e. The van der Waals surface area contributed by atoms with Gasteiger partial charge in [-0.15, -0.1) is 22.7 Å². The molecule has 1 aromatic carbocycles. The fraction of sp³-hybridized carbons (Fsp3) is 0.273. The van der Waals surface area contributed by atoms with Gasteiger partial charge in [0.05, 0.1) is 21.6 Å². The fourth-order valence-corrected chi connectivity index (χ4v) is 5.55. The lowest BCUT2D eigenvalue weighted by molar-refractivity contribution is 0.0451. The van der Waals surface area contributed by atoms with E-state index in [4.69, 9.17) is 0 Å². The lowest BCUT2D eigenvalue weighted by Crippen LogP contribution is -2.56. The maximum atomic E-state index is 13.3. The van der Waals surface area contributed by atoms with E-state index in [-0.39, 0.29) is 17.9 Å². The first kappa shape index (κ1) is 19.9. The second kappa shape index (κ2) is 7.90. The summed E-state index contributed by atoms with van der Waals surface area (Å²) >= 11 is 3.03. The van der Waals surface area contributed by atoms with Crippen molar-refractivity contribution < 1.29 is 9.59 Å². The Kier molecular flexibility index (Phi) is 5.07. The molecule has 31 heavy (non-hydrogen) atoms. The zero-order valence-corrected chi connectivity index (χ0v) is 18.8. The SMILES string of the molecule is Cc1nc(C(=O)N2CCC2CNC(=O)c2c(C)nc3sccn23)c(-c2ccccc2)s1. The normalized spacial score (nSPS) is 15.8. The van der Waals surface area contributed by atoms with Crippen LogP contribution in [-0.2, 0) is 0 Å². The number of carbonyl (C=O) groups excluding carboxylic acids is 2. The van der Waals surface area contributed by atoms with Crippen molar-refractivity contribution in [1.82, 2.24) is 24.6 Å². The Morgan fingerprint density at radius 3 is 2.74 bits per heavy atom. The Morgan fingerprint density at radius 2 is 2.00 bits per heavy atom.